The summed E-state index contributed by atoms with van der Waals surface area (Å²) in [5.74, 6) is -0.305. The lowest BCUT2D eigenvalue weighted by molar-refractivity contribution is -0.120. The third-order valence-electron chi connectivity index (χ3n) is 6.80. The first-order valence-electron chi connectivity index (χ1n) is 12.8. The SMILES string of the molecule is Cc1cc(Cn2nnc(C)c2C)ccc1OC(C(=O)Nc1cc(S(N)(=O)=O)ccc1Cl)C1=NC(O)c2ccccc2N1. The fourth-order valence-electron chi connectivity index (χ4n) is 4.39. The Morgan fingerprint density at radius 3 is 2.62 bits per heavy atom. The number of hydrogen-bond acceptors (Lipinski definition) is 9. The number of hydrogen-bond donors (Lipinski definition) is 4. The van der Waals surface area contributed by atoms with Crippen molar-refractivity contribution >= 4 is 44.7 Å². The Morgan fingerprint density at radius 2 is 1.93 bits per heavy atom. The van der Waals surface area contributed by atoms with Crippen LogP contribution in [0.15, 0.2) is 70.6 Å². The van der Waals surface area contributed by atoms with Crippen molar-refractivity contribution in [3.8, 4) is 5.75 Å². The topological polar surface area (TPSA) is 174 Å². The number of nitrogens with two attached hydrogens (primary N) is 1. The highest BCUT2D eigenvalue weighted by atomic mass is 35.5. The summed E-state index contributed by atoms with van der Waals surface area (Å²) in [5.41, 5.74) is 4.56. The van der Waals surface area contributed by atoms with Gasteiger partial charge >= 0.3 is 0 Å². The summed E-state index contributed by atoms with van der Waals surface area (Å²) in [6.45, 7) is 6.16. The predicted molar refractivity (Wildman–Crippen MR) is 158 cm³/mol. The van der Waals surface area contributed by atoms with E-state index in [0.29, 0.717) is 23.5 Å². The molecule has 12 nitrogen and oxygen atoms in total. The lowest BCUT2D eigenvalue weighted by atomic mass is 10.1. The molecule has 0 saturated carbocycles. The number of para-hydroxylation sites is 1. The summed E-state index contributed by atoms with van der Waals surface area (Å²) in [7, 11) is -4.06. The number of nitrogens with one attached hydrogen (secondary N) is 2. The number of fused-ring (bicyclic) bond motifs is 1. The first kappa shape index (κ1) is 29.2. The van der Waals surface area contributed by atoms with Gasteiger partial charge in [-0.15, -0.1) is 5.10 Å². The Labute approximate surface area is 247 Å². The largest absolute Gasteiger partial charge is 0.472 e. The van der Waals surface area contributed by atoms with Gasteiger partial charge in [0.15, 0.2) is 12.1 Å². The molecule has 0 bridgehead atoms. The molecule has 14 heteroatoms. The van der Waals surface area contributed by atoms with E-state index < -0.39 is 28.3 Å². The van der Waals surface area contributed by atoms with Gasteiger partial charge < -0.3 is 20.5 Å². The minimum Gasteiger partial charge on any atom is -0.472 e. The Kier molecular flexibility index (Phi) is 8.01. The van der Waals surface area contributed by atoms with Gasteiger partial charge in [-0.3, -0.25) is 4.79 Å². The quantitative estimate of drug-likeness (QED) is 0.235. The number of primary sulfonamides is 1. The van der Waals surface area contributed by atoms with Crippen molar-refractivity contribution in [1.29, 1.82) is 0 Å². The van der Waals surface area contributed by atoms with E-state index in [4.69, 9.17) is 21.5 Å². The van der Waals surface area contributed by atoms with Gasteiger partial charge in [-0.1, -0.05) is 47.1 Å². The van der Waals surface area contributed by atoms with E-state index in [2.05, 4.69) is 25.9 Å². The van der Waals surface area contributed by atoms with Crippen LogP contribution in [0.2, 0.25) is 5.02 Å². The van der Waals surface area contributed by atoms with Crippen molar-refractivity contribution in [2.24, 2.45) is 10.1 Å². The van der Waals surface area contributed by atoms with E-state index in [1.54, 1.807) is 35.0 Å². The summed E-state index contributed by atoms with van der Waals surface area (Å²) in [4.78, 5) is 17.8. The maximum atomic E-state index is 13.7. The molecule has 1 aromatic heterocycles. The van der Waals surface area contributed by atoms with Gasteiger partial charge in [-0.25, -0.2) is 23.2 Å². The molecule has 1 amide bonds. The molecule has 1 aliphatic heterocycles. The fourth-order valence-corrected chi connectivity index (χ4v) is 5.09. The van der Waals surface area contributed by atoms with Crippen LogP contribution in [0.3, 0.4) is 0 Å². The van der Waals surface area contributed by atoms with Crippen LogP contribution in [0.4, 0.5) is 11.4 Å². The number of amides is 1. The van der Waals surface area contributed by atoms with Crippen LogP contribution in [0.1, 0.15) is 34.3 Å². The standard InChI is InChI=1S/C28H28ClN7O5S/c1-15-12-18(14-36-17(3)16(2)34-35-36)8-11-24(15)41-25(26-31-22-7-5-4-6-20(22)27(37)33-26)28(38)32-23-13-19(42(30,39)40)9-10-21(23)29/h4-13,25,27,37H,14H2,1-3H3,(H,31,33)(H,32,38)(H2,30,39,40). The van der Waals surface area contributed by atoms with E-state index in [0.717, 1.165) is 28.6 Å². The second-order valence-corrected chi connectivity index (χ2v) is 11.8. The normalized spacial score (nSPS) is 15.3. The molecule has 5 rings (SSSR count). The van der Waals surface area contributed by atoms with Crippen molar-refractivity contribution in [2.45, 2.75) is 44.5 Å². The second-order valence-electron chi connectivity index (χ2n) is 9.79. The van der Waals surface area contributed by atoms with Gasteiger partial charge in [0, 0.05) is 11.3 Å². The number of rotatable bonds is 8. The number of carbonyl (C=O) groups is 1. The molecule has 2 heterocycles. The molecule has 0 saturated heterocycles. The van der Waals surface area contributed by atoms with Crippen molar-refractivity contribution in [1.82, 2.24) is 15.0 Å². The molecular weight excluding hydrogens is 582 g/mol. The summed E-state index contributed by atoms with van der Waals surface area (Å²) in [5, 5.41) is 30.0. The van der Waals surface area contributed by atoms with Crippen molar-refractivity contribution < 1.29 is 23.1 Å². The highest BCUT2D eigenvalue weighted by Gasteiger charge is 2.32. The Bertz CT molecular complexity index is 1820. The molecule has 4 aromatic rings. The average molecular weight is 610 g/mol. The second kappa shape index (κ2) is 11.5. The summed E-state index contributed by atoms with van der Waals surface area (Å²) in [6, 6.07) is 16.2. The number of halogens is 1. The summed E-state index contributed by atoms with van der Waals surface area (Å²) in [6.07, 6.45) is -2.64. The Hall–Kier alpha value is -4.30. The van der Waals surface area contributed by atoms with E-state index in [1.807, 2.05) is 32.9 Å². The van der Waals surface area contributed by atoms with Gasteiger partial charge in [-0.2, -0.15) is 0 Å². The number of anilines is 2. The lowest BCUT2D eigenvalue weighted by Gasteiger charge is -2.27. The molecule has 0 aliphatic carbocycles. The molecule has 42 heavy (non-hydrogen) atoms. The van der Waals surface area contributed by atoms with Gasteiger partial charge in [-0.05, 0) is 62.2 Å². The van der Waals surface area contributed by atoms with Gasteiger partial charge in [0.1, 0.15) is 5.75 Å². The minimum atomic E-state index is -4.06. The third-order valence-corrected chi connectivity index (χ3v) is 8.04. The molecule has 1 aliphatic rings. The molecule has 5 N–H and O–H groups in total. The van der Waals surface area contributed by atoms with E-state index in [-0.39, 0.29) is 21.4 Å². The van der Waals surface area contributed by atoms with Crippen LogP contribution < -0.4 is 20.5 Å². The molecule has 3 aromatic carbocycles. The number of aliphatic imine (C=N–C) groups is 1. The van der Waals surface area contributed by atoms with Crippen LogP contribution in [-0.2, 0) is 21.4 Å². The van der Waals surface area contributed by atoms with E-state index in [1.165, 1.54) is 12.1 Å². The number of carbonyl (C=O) groups excluding carboxylic acids is 1. The fraction of sp³-hybridized carbons (Fsp3) is 0.214. The smallest absolute Gasteiger partial charge is 0.273 e. The number of amidine groups is 1. The molecular formula is C28H28ClN7O5S. The van der Waals surface area contributed by atoms with Crippen LogP contribution in [0, 0.1) is 20.8 Å². The Morgan fingerprint density at radius 1 is 1.17 bits per heavy atom. The van der Waals surface area contributed by atoms with Crippen molar-refractivity contribution in [2.75, 3.05) is 10.6 Å². The van der Waals surface area contributed by atoms with E-state index >= 15 is 0 Å². The zero-order valence-electron chi connectivity index (χ0n) is 22.9. The molecule has 2 atom stereocenters. The van der Waals surface area contributed by atoms with Gasteiger partial charge in [0.2, 0.25) is 16.1 Å². The first-order valence-corrected chi connectivity index (χ1v) is 14.7. The Balaban J connectivity index is 1.47. The molecule has 2 unspecified atom stereocenters. The number of aliphatic hydroxyl groups is 1. The van der Waals surface area contributed by atoms with Crippen molar-refractivity contribution in [3.05, 3.63) is 93.8 Å². The highest BCUT2D eigenvalue weighted by molar-refractivity contribution is 7.89. The highest BCUT2D eigenvalue weighted by Crippen LogP contribution is 2.31. The maximum absolute atomic E-state index is 13.7. The minimum absolute atomic E-state index is 0.00437. The number of aryl methyl sites for hydroxylation is 2. The molecule has 0 radical (unpaired) electrons. The number of benzene rings is 3. The molecule has 0 fully saturated rings. The maximum Gasteiger partial charge on any atom is 0.273 e. The lowest BCUT2D eigenvalue weighted by Crippen LogP contribution is -2.45. The average Bonchev–Trinajstić information content (AvgIpc) is 3.25. The van der Waals surface area contributed by atoms with Crippen LogP contribution in [-0.4, -0.2) is 46.4 Å². The van der Waals surface area contributed by atoms with Gasteiger partial charge in [0.25, 0.3) is 5.91 Å². The zero-order chi connectivity index (χ0) is 30.2. The van der Waals surface area contributed by atoms with Crippen LogP contribution in [0.5, 0.6) is 5.75 Å². The summed E-state index contributed by atoms with van der Waals surface area (Å²) < 4.78 is 31.8. The van der Waals surface area contributed by atoms with E-state index in [9.17, 15) is 18.3 Å². The number of ether oxygens (including phenoxy) is 1. The predicted octanol–water partition coefficient (Wildman–Crippen LogP) is 3.45. The first-order chi connectivity index (χ1) is 19.9. The third kappa shape index (κ3) is 6.14. The van der Waals surface area contributed by atoms with Crippen LogP contribution in [0.25, 0.3) is 0 Å². The number of aliphatic hydroxyl groups excluding tert-OH is 1. The van der Waals surface area contributed by atoms with Crippen LogP contribution >= 0.6 is 11.6 Å². The molecule has 0 spiro atoms. The number of sulfonamides is 1. The summed E-state index contributed by atoms with van der Waals surface area (Å²) >= 11 is 6.26. The zero-order valence-corrected chi connectivity index (χ0v) is 24.4. The number of nitrogens with zero attached hydrogens (tertiary/aromatic N) is 4. The van der Waals surface area contributed by atoms with Crippen molar-refractivity contribution in [3.63, 3.8) is 0 Å². The molecule has 218 valence electrons. The number of aromatic nitrogens is 3. The monoisotopic (exact) mass is 609 g/mol. The van der Waals surface area contributed by atoms with Gasteiger partial charge in [0.05, 0.1) is 33.5 Å².